The summed E-state index contributed by atoms with van der Waals surface area (Å²) >= 11 is 0. The molecule has 12 nitrogen and oxygen atoms in total. The van der Waals surface area contributed by atoms with E-state index in [1.807, 2.05) is 37.3 Å². The molecule has 0 bridgehead atoms. The van der Waals surface area contributed by atoms with Gasteiger partial charge < -0.3 is 29.3 Å². The fourth-order valence-corrected chi connectivity index (χ4v) is 8.41. The van der Waals surface area contributed by atoms with Gasteiger partial charge in [0.05, 0.1) is 15.7 Å². The Morgan fingerprint density at radius 1 is 0.444 bits per heavy atom. The van der Waals surface area contributed by atoms with Crippen molar-refractivity contribution in [2.24, 2.45) is 15.3 Å². The average molecular weight is 825 g/mol. The molecule has 3 aliphatic heterocycles. The van der Waals surface area contributed by atoms with Crippen molar-refractivity contribution in [2.45, 2.75) is 33.4 Å². The van der Waals surface area contributed by atoms with Crippen LogP contribution in [0.15, 0.2) is 106 Å². The summed E-state index contributed by atoms with van der Waals surface area (Å²) in [5.41, 5.74) is 8.83. The van der Waals surface area contributed by atoms with Gasteiger partial charge in [-0.3, -0.25) is 0 Å². The minimum absolute atomic E-state index is 0.419. The molecule has 7 aromatic carbocycles. The second-order valence-corrected chi connectivity index (χ2v) is 15.9. The van der Waals surface area contributed by atoms with E-state index in [1.54, 1.807) is 0 Å². The minimum atomic E-state index is -0.674. The van der Waals surface area contributed by atoms with E-state index in [0.717, 1.165) is 82.5 Å². The van der Waals surface area contributed by atoms with Gasteiger partial charge in [-0.2, -0.15) is 0 Å². The quantitative estimate of drug-likeness (QED) is 0.0361. The Balaban J connectivity index is 1.05. The summed E-state index contributed by atoms with van der Waals surface area (Å²) in [5.74, 6) is 3.80. The monoisotopic (exact) mass is 825 g/mol. The molecule has 0 aromatic heterocycles. The van der Waals surface area contributed by atoms with Crippen LogP contribution in [0.4, 0.5) is 17.1 Å². The third-order valence-electron chi connectivity index (χ3n) is 11.7. The summed E-state index contributed by atoms with van der Waals surface area (Å²) in [6, 6.07) is 30.7. The standard InChI is InChI=1S/C45H39B6N6O6/c1-25-4-7-28(16-37(25)52-12-10-46)49-58-40-19-31-32-20-41-43(61-50(59-41)29-8-5-26(2)38(17-29)53-13-11-47)22-34(32)36-24-45-44(23-35(36)33(31)21-42(40)60-49)62-51(63-45)30-9-6-27(3)39(18-30)54-14-15-55-57-56-48/h4-9,16-24,52-54H,10-15H2,1-3H3. The molecule has 18 heteroatoms. The summed E-state index contributed by atoms with van der Waals surface area (Å²) in [4.78, 5) is 0. The second-order valence-electron chi connectivity index (χ2n) is 15.9. The maximum atomic E-state index is 6.57. The van der Waals surface area contributed by atoms with E-state index < -0.39 is 21.4 Å². The molecule has 3 N–H and O–H groups in total. The number of nitrogens with one attached hydrogen (secondary N) is 3. The van der Waals surface area contributed by atoms with Crippen molar-refractivity contribution in [3.8, 4) is 34.5 Å². The SMILES string of the molecule is [B]CCNc1cc(B2Oc3cc4c5cc6c(cc5c5cc7c(cc5c4cc3O2)OB(c2ccc(C)c(NCCN=NN=[B])c2)O7)OB(c2ccc(C)c(NCC[B])c2)O6)ccc1C. The third kappa shape index (κ3) is 7.65. The fraction of sp³-hybridized carbons (Fsp3) is 0.200. The third-order valence-corrected chi connectivity index (χ3v) is 11.7. The molecule has 63 heavy (non-hydrogen) atoms. The van der Waals surface area contributed by atoms with Gasteiger partial charge in [0, 0.05) is 35.4 Å². The average Bonchev–Trinajstić information content (AvgIpc) is 4.04. The first-order chi connectivity index (χ1) is 30.8. The number of anilines is 3. The van der Waals surface area contributed by atoms with Crippen LogP contribution in [0.3, 0.4) is 0 Å². The molecule has 0 atom stereocenters. The number of rotatable bonds is 14. The molecule has 0 spiro atoms. The maximum Gasteiger partial charge on any atom is 0.632 e. The van der Waals surface area contributed by atoms with Gasteiger partial charge in [0.25, 0.3) is 0 Å². The normalized spacial score (nSPS) is 13.5. The molecular weight excluding hydrogens is 785 g/mol. The van der Waals surface area contributed by atoms with Crippen molar-refractivity contribution in [1.82, 2.24) is 0 Å². The van der Waals surface area contributed by atoms with E-state index in [9.17, 15) is 0 Å². The summed E-state index contributed by atoms with van der Waals surface area (Å²) in [6.07, 6.45) is 1.04. The van der Waals surface area contributed by atoms with E-state index >= 15 is 0 Å². The molecule has 0 aliphatic carbocycles. The predicted octanol–water partition coefficient (Wildman–Crippen LogP) is 6.70. The molecule has 3 aliphatic rings. The van der Waals surface area contributed by atoms with Crippen molar-refractivity contribution in [1.29, 1.82) is 0 Å². The van der Waals surface area contributed by atoms with Gasteiger partial charge in [-0.15, -0.1) is 0 Å². The summed E-state index contributed by atoms with van der Waals surface area (Å²) in [6.45, 7) is 8.44. The first-order valence-electron chi connectivity index (χ1n) is 21.0. The van der Waals surface area contributed by atoms with Gasteiger partial charge in [-0.1, -0.05) is 36.9 Å². The van der Waals surface area contributed by atoms with Crippen molar-refractivity contribution >= 4 is 110 Å². The van der Waals surface area contributed by atoms with Gasteiger partial charge in [0.15, 0.2) is 0 Å². The van der Waals surface area contributed by atoms with Crippen LogP contribution < -0.4 is 60.3 Å². The molecule has 0 unspecified atom stereocenters. The Labute approximate surface area is 370 Å². The Morgan fingerprint density at radius 2 is 0.746 bits per heavy atom. The first-order valence-corrected chi connectivity index (χ1v) is 21.0. The van der Waals surface area contributed by atoms with Crippen LogP contribution in [0.1, 0.15) is 16.7 Å². The Hall–Kier alpha value is -6.69. The zero-order chi connectivity index (χ0) is 43.2. The number of fused-ring (bicyclic) bond motifs is 9. The van der Waals surface area contributed by atoms with Crippen LogP contribution in [0.5, 0.6) is 34.5 Å². The van der Waals surface area contributed by atoms with Crippen LogP contribution in [0.25, 0.3) is 32.3 Å². The predicted molar refractivity (Wildman–Crippen MR) is 257 cm³/mol. The van der Waals surface area contributed by atoms with Crippen LogP contribution in [0, 0.1) is 20.8 Å². The zero-order valence-electron chi connectivity index (χ0n) is 35.2. The van der Waals surface area contributed by atoms with E-state index in [2.05, 4.69) is 106 Å². The number of hydrogen-bond donors (Lipinski definition) is 3. The molecule has 5 radical (unpaired) electrons. The van der Waals surface area contributed by atoms with E-state index in [4.69, 9.17) is 51.3 Å². The summed E-state index contributed by atoms with van der Waals surface area (Å²) < 4.78 is 39.4. The molecule has 303 valence electrons. The van der Waals surface area contributed by atoms with Crippen LogP contribution in [-0.4, -0.2) is 70.9 Å². The van der Waals surface area contributed by atoms with Crippen molar-refractivity contribution in [3.63, 3.8) is 0 Å². The van der Waals surface area contributed by atoms with Gasteiger partial charge in [-0.05, 0) is 106 Å². The number of hydrogen-bond acceptors (Lipinski definition) is 11. The molecule has 0 fully saturated rings. The topological polar surface area (TPSA) is 129 Å². The maximum absolute atomic E-state index is 6.57. The second kappa shape index (κ2) is 16.9. The van der Waals surface area contributed by atoms with Crippen molar-refractivity contribution in [2.75, 3.05) is 42.1 Å². The molecule has 0 amide bonds. The summed E-state index contributed by atoms with van der Waals surface area (Å²) in [5, 5.41) is 26.5. The fourth-order valence-electron chi connectivity index (χ4n) is 8.41. The molecule has 0 saturated heterocycles. The van der Waals surface area contributed by atoms with E-state index in [-0.39, 0.29) is 0 Å². The largest absolute Gasteiger partial charge is 0.632 e. The molecular formula is C45H39B6N6O6. The van der Waals surface area contributed by atoms with Gasteiger partial charge in [-0.25, -0.2) is 0 Å². The molecule has 10 rings (SSSR count). The van der Waals surface area contributed by atoms with Gasteiger partial charge >= 0.3 is 125 Å². The number of aryl methyl sites for hydroxylation is 3. The number of nitrogens with zero attached hydrogens (tertiary/aromatic N) is 3. The van der Waals surface area contributed by atoms with Gasteiger partial charge in [0.2, 0.25) is 0 Å². The van der Waals surface area contributed by atoms with E-state index in [0.29, 0.717) is 73.3 Å². The van der Waals surface area contributed by atoms with E-state index in [1.165, 1.54) is 0 Å². The molecule has 7 aromatic rings. The Morgan fingerprint density at radius 3 is 1.03 bits per heavy atom. The first kappa shape index (κ1) is 40.4. The van der Waals surface area contributed by atoms with Crippen LogP contribution >= 0.6 is 0 Å². The Bertz CT molecular complexity index is 2830. The molecule has 0 saturated carbocycles. The zero-order valence-corrected chi connectivity index (χ0v) is 35.2. The van der Waals surface area contributed by atoms with Gasteiger partial charge in [0.1, 0.15) is 23.0 Å². The summed E-state index contributed by atoms with van der Waals surface area (Å²) in [7, 11) is 14.7. The number of benzene rings is 7. The van der Waals surface area contributed by atoms with Crippen LogP contribution in [0.2, 0.25) is 12.6 Å². The smallest absolute Gasteiger partial charge is 0.519 e. The van der Waals surface area contributed by atoms with Crippen molar-refractivity contribution < 1.29 is 27.9 Å². The van der Waals surface area contributed by atoms with Crippen LogP contribution in [-0.2, 0) is 0 Å². The Kier molecular flexibility index (Phi) is 10.8. The van der Waals surface area contributed by atoms with Crippen molar-refractivity contribution in [3.05, 3.63) is 108 Å². The minimum Gasteiger partial charge on any atom is -0.519 e. The molecule has 3 heterocycles.